The van der Waals surface area contributed by atoms with Gasteiger partial charge in [0.1, 0.15) is 5.75 Å². The van der Waals surface area contributed by atoms with E-state index in [0.717, 1.165) is 35.2 Å². The minimum atomic E-state index is -0.317. The fraction of sp³-hybridized carbons (Fsp3) is 0.500. The van der Waals surface area contributed by atoms with Gasteiger partial charge < -0.3 is 19.8 Å². The van der Waals surface area contributed by atoms with Crippen LogP contribution in [0.25, 0.3) is 10.9 Å². The van der Waals surface area contributed by atoms with E-state index in [9.17, 15) is 4.79 Å². The van der Waals surface area contributed by atoms with Gasteiger partial charge in [-0.1, -0.05) is 0 Å². The Labute approximate surface area is 136 Å². The predicted octanol–water partition coefficient (Wildman–Crippen LogP) is 3.14. The molecule has 2 aromatic rings. The second kappa shape index (κ2) is 6.62. The van der Waals surface area contributed by atoms with Gasteiger partial charge in [0.2, 0.25) is 0 Å². The number of benzene rings is 1. The number of nitrogens with two attached hydrogens (primary N) is 1. The first kappa shape index (κ1) is 15.9. The molecule has 5 heteroatoms. The van der Waals surface area contributed by atoms with Crippen LogP contribution in [0.2, 0.25) is 0 Å². The Hall–Kier alpha value is -2.01. The number of carbonyl (C=O) groups is 1. The van der Waals surface area contributed by atoms with Crippen molar-refractivity contribution in [1.29, 1.82) is 0 Å². The summed E-state index contributed by atoms with van der Waals surface area (Å²) in [6, 6.07) is 5.87. The lowest BCUT2D eigenvalue weighted by molar-refractivity contribution is 0.0527. The first-order valence-corrected chi connectivity index (χ1v) is 8.30. The van der Waals surface area contributed by atoms with Crippen LogP contribution in [0.15, 0.2) is 18.2 Å². The molecule has 124 valence electrons. The number of fused-ring (bicyclic) bond motifs is 1. The monoisotopic (exact) mass is 316 g/mol. The molecule has 1 aliphatic carbocycles. The number of rotatable bonds is 5. The molecule has 1 heterocycles. The maximum absolute atomic E-state index is 12.3. The summed E-state index contributed by atoms with van der Waals surface area (Å²) in [6.45, 7) is 2.44. The van der Waals surface area contributed by atoms with Gasteiger partial charge in [0.05, 0.1) is 23.8 Å². The molecule has 0 radical (unpaired) electrons. The summed E-state index contributed by atoms with van der Waals surface area (Å²) in [5, 5.41) is 0.866. The van der Waals surface area contributed by atoms with E-state index in [2.05, 4.69) is 0 Å². The van der Waals surface area contributed by atoms with Crippen molar-refractivity contribution in [3.8, 4) is 5.75 Å². The largest absolute Gasteiger partial charge is 0.490 e. The van der Waals surface area contributed by atoms with Gasteiger partial charge in [-0.3, -0.25) is 0 Å². The molecule has 0 saturated heterocycles. The molecule has 1 saturated carbocycles. The maximum Gasteiger partial charge on any atom is 0.340 e. The summed E-state index contributed by atoms with van der Waals surface area (Å²) in [5.74, 6) is 0.534. The van der Waals surface area contributed by atoms with Gasteiger partial charge in [-0.15, -0.1) is 0 Å². The summed E-state index contributed by atoms with van der Waals surface area (Å²) in [7, 11) is 1.92. The average molecular weight is 316 g/mol. The Morgan fingerprint density at radius 3 is 2.74 bits per heavy atom. The van der Waals surface area contributed by atoms with Gasteiger partial charge in [0.25, 0.3) is 0 Å². The van der Waals surface area contributed by atoms with E-state index >= 15 is 0 Å². The lowest BCUT2D eigenvalue weighted by Crippen LogP contribution is -2.12. The van der Waals surface area contributed by atoms with E-state index in [1.165, 1.54) is 12.8 Å². The molecule has 1 aliphatic rings. The second-order valence-electron chi connectivity index (χ2n) is 6.01. The standard InChI is InChI=1S/C18H24N2O3/c1-3-22-18(21)17-14-9-8-13(23-12-6-4-5-7-12)10-15(14)20(2)16(17)11-19/h8-10,12H,3-7,11,19H2,1-2H3. The van der Waals surface area contributed by atoms with Crippen LogP contribution in [0.3, 0.4) is 0 Å². The summed E-state index contributed by atoms with van der Waals surface area (Å²) >= 11 is 0. The third-order valence-corrected chi connectivity index (χ3v) is 4.57. The van der Waals surface area contributed by atoms with Crippen molar-refractivity contribution in [3.05, 3.63) is 29.5 Å². The molecule has 23 heavy (non-hydrogen) atoms. The maximum atomic E-state index is 12.3. The fourth-order valence-corrected chi connectivity index (χ4v) is 3.41. The van der Waals surface area contributed by atoms with Crippen LogP contribution in [0.4, 0.5) is 0 Å². The third-order valence-electron chi connectivity index (χ3n) is 4.57. The van der Waals surface area contributed by atoms with Crippen molar-refractivity contribution in [2.45, 2.75) is 45.3 Å². The molecule has 0 bridgehead atoms. The lowest BCUT2D eigenvalue weighted by Gasteiger charge is -2.13. The van der Waals surface area contributed by atoms with Crippen LogP contribution in [-0.2, 0) is 18.3 Å². The molecule has 1 aromatic heterocycles. The normalized spacial score (nSPS) is 15.3. The van der Waals surface area contributed by atoms with E-state index in [4.69, 9.17) is 15.2 Å². The van der Waals surface area contributed by atoms with Crippen molar-refractivity contribution in [2.24, 2.45) is 12.8 Å². The molecular weight excluding hydrogens is 292 g/mol. The van der Waals surface area contributed by atoms with Crippen LogP contribution in [0, 0.1) is 0 Å². The van der Waals surface area contributed by atoms with E-state index in [0.29, 0.717) is 18.3 Å². The van der Waals surface area contributed by atoms with E-state index in [1.807, 2.05) is 29.8 Å². The van der Waals surface area contributed by atoms with Crippen LogP contribution in [-0.4, -0.2) is 23.2 Å². The van der Waals surface area contributed by atoms with Crippen molar-refractivity contribution < 1.29 is 14.3 Å². The smallest absolute Gasteiger partial charge is 0.340 e. The van der Waals surface area contributed by atoms with Gasteiger partial charge in [-0.2, -0.15) is 0 Å². The first-order chi connectivity index (χ1) is 11.2. The molecule has 0 amide bonds. The van der Waals surface area contributed by atoms with Crippen molar-refractivity contribution >= 4 is 16.9 Å². The fourth-order valence-electron chi connectivity index (χ4n) is 3.41. The van der Waals surface area contributed by atoms with E-state index in [-0.39, 0.29) is 12.5 Å². The van der Waals surface area contributed by atoms with Crippen LogP contribution in [0.1, 0.15) is 48.7 Å². The third kappa shape index (κ3) is 2.93. The zero-order valence-electron chi connectivity index (χ0n) is 13.8. The lowest BCUT2D eigenvalue weighted by atomic mass is 10.1. The summed E-state index contributed by atoms with van der Waals surface area (Å²) in [4.78, 5) is 12.3. The number of ether oxygens (including phenoxy) is 2. The summed E-state index contributed by atoms with van der Waals surface area (Å²) in [5.41, 5.74) is 8.16. The number of carbonyl (C=O) groups excluding carboxylic acids is 1. The topological polar surface area (TPSA) is 66.5 Å². The molecule has 5 nitrogen and oxygen atoms in total. The Balaban J connectivity index is 2.01. The first-order valence-electron chi connectivity index (χ1n) is 8.30. The minimum Gasteiger partial charge on any atom is -0.490 e. The summed E-state index contributed by atoms with van der Waals surface area (Å²) < 4.78 is 13.2. The highest BCUT2D eigenvalue weighted by molar-refractivity contribution is 6.06. The van der Waals surface area contributed by atoms with E-state index in [1.54, 1.807) is 6.92 Å². The average Bonchev–Trinajstić information content (AvgIpc) is 3.14. The van der Waals surface area contributed by atoms with Gasteiger partial charge in [-0.05, 0) is 44.7 Å². The molecule has 0 atom stereocenters. The Bertz CT molecular complexity index is 715. The molecule has 3 rings (SSSR count). The highest BCUT2D eigenvalue weighted by Gasteiger charge is 2.22. The number of aromatic nitrogens is 1. The van der Waals surface area contributed by atoms with Crippen molar-refractivity contribution in [3.63, 3.8) is 0 Å². The van der Waals surface area contributed by atoms with Crippen molar-refractivity contribution in [2.75, 3.05) is 6.61 Å². The number of hydrogen-bond donors (Lipinski definition) is 1. The number of hydrogen-bond acceptors (Lipinski definition) is 4. The van der Waals surface area contributed by atoms with Crippen LogP contribution in [0.5, 0.6) is 5.75 Å². The van der Waals surface area contributed by atoms with Crippen molar-refractivity contribution in [1.82, 2.24) is 4.57 Å². The zero-order chi connectivity index (χ0) is 16.4. The van der Waals surface area contributed by atoms with Gasteiger partial charge >= 0.3 is 5.97 Å². The molecule has 0 aliphatic heterocycles. The van der Waals surface area contributed by atoms with E-state index < -0.39 is 0 Å². The quantitative estimate of drug-likeness (QED) is 0.861. The Kier molecular flexibility index (Phi) is 4.57. The highest BCUT2D eigenvalue weighted by Crippen LogP contribution is 2.31. The van der Waals surface area contributed by atoms with Crippen LogP contribution >= 0.6 is 0 Å². The molecule has 1 fully saturated rings. The SMILES string of the molecule is CCOC(=O)c1c(CN)n(C)c2cc(OC3CCCC3)ccc12. The Morgan fingerprint density at radius 1 is 1.35 bits per heavy atom. The minimum absolute atomic E-state index is 0.290. The number of esters is 1. The van der Waals surface area contributed by atoms with Gasteiger partial charge in [-0.25, -0.2) is 4.79 Å². The zero-order valence-corrected chi connectivity index (χ0v) is 13.8. The molecule has 0 spiro atoms. The summed E-state index contributed by atoms with van der Waals surface area (Å²) in [6.07, 6.45) is 5.02. The molecule has 1 aromatic carbocycles. The number of nitrogens with zero attached hydrogens (tertiary/aromatic N) is 1. The Morgan fingerprint density at radius 2 is 2.09 bits per heavy atom. The molecular formula is C18H24N2O3. The molecule has 2 N–H and O–H groups in total. The second-order valence-corrected chi connectivity index (χ2v) is 6.01. The number of aryl methyl sites for hydroxylation is 1. The highest BCUT2D eigenvalue weighted by atomic mass is 16.5. The molecule has 0 unspecified atom stereocenters. The predicted molar refractivity (Wildman–Crippen MR) is 89.7 cm³/mol. The van der Waals surface area contributed by atoms with Gasteiger partial charge in [0, 0.05) is 30.7 Å². The van der Waals surface area contributed by atoms with Crippen LogP contribution < -0.4 is 10.5 Å². The van der Waals surface area contributed by atoms with Gasteiger partial charge in [0.15, 0.2) is 0 Å².